The highest BCUT2D eigenvalue weighted by Gasteiger charge is 2.59. The van der Waals surface area contributed by atoms with Gasteiger partial charge in [-0.1, -0.05) is 25.5 Å². The van der Waals surface area contributed by atoms with Crippen molar-refractivity contribution in [3.63, 3.8) is 0 Å². The monoisotopic (exact) mass is 256 g/mol. The molecule has 5 aliphatic rings. The number of allylic oxidation sites excluding steroid dienone is 4. The Morgan fingerprint density at radius 1 is 1.05 bits per heavy atom. The number of carbonyl (C=O) groups is 2. The molecule has 3 saturated carbocycles. The molecule has 2 bridgehead atoms. The summed E-state index contributed by atoms with van der Waals surface area (Å²) in [7, 11) is 0. The summed E-state index contributed by atoms with van der Waals surface area (Å²) in [6.45, 7) is 4.73. The molecule has 0 heterocycles. The van der Waals surface area contributed by atoms with Crippen molar-refractivity contribution < 1.29 is 9.59 Å². The second-order valence-corrected chi connectivity index (χ2v) is 7.36. The van der Waals surface area contributed by atoms with Crippen molar-refractivity contribution in [1.82, 2.24) is 0 Å². The summed E-state index contributed by atoms with van der Waals surface area (Å²) in [6, 6.07) is 0. The van der Waals surface area contributed by atoms with Gasteiger partial charge in [0, 0.05) is 11.8 Å². The van der Waals surface area contributed by atoms with Gasteiger partial charge in [0.25, 0.3) is 0 Å². The Bertz CT molecular complexity index is 537. The first-order valence-corrected chi connectivity index (χ1v) is 7.46. The van der Waals surface area contributed by atoms with Crippen LogP contribution in [0.15, 0.2) is 23.8 Å². The zero-order chi connectivity index (χ0) is 13.4. The van der Waals surface area contributed by atoms with Crippen LogP contribution in [0.2, 0.25) is 0 Å². The summed E-state index contributed by atoms with van der Waals surface area (Å²) in [5.41, 5.74) is 1.91. The minimum atomic E-state index is -0.0631. The molecule has 2 nitrogen and oxygen atoms in total. The summed E-state index contributed by atoms with van der Waals surface area (Å²) in [5.74, 6) is 2.01. The molecule has 0 radical (unpaired) electrons. The van der Waals surface area contributed by atoms with E-state index in [4.69, 9.17) is 0 Å². The molecule has 0 aromatic heterocycles. The Balaban J connectivity index is 1.75. The largest absolute Gasteiger partial charge is 0.295 e. The molecular weight excluding hydrogens is 236 g/mol. The third-order valence-corrected chi connectivity index (χ3v) is 6.42. The van der Waals surface area contributed by atoms with Crippen molar-refractivity contribution in [3.05, 3.63) is 23.8 Å². The molecule has 0 saturated heterocycles. The highest BCUT2D eigenvalue weighted by atomic mass is 16.1. The van der Waals surface area contributed by atoms with Gasteiger partial charge in [-0.15, -0.1) is 0 Å². The molecule has 0 aromatic carbocycles. The molecule has 5 aliphatic carbocycles. The smallest absolute Gasteiger partial charge is 0.160 e. The van der Waals surface area contributed by atoms with E-state index < -0.39 is 0 Å². The maximum atomic E-state index is 12.2. The van der Waals surface area contributed by atoms with Crippen molar-refractivity contribution in [3.8, 4) is 0 Å². The van der Waals surface area contributed by atoms with Crippen LogP contribution in [0.4, 0.5) is 0 Å². The molecule has 0 amide bonds. The summed E-state index contributed by atoms with van der Waals surface area (Å²) >= 11 is 0. The maximum Gasteiger partial charge on any atom is 0.160 e. The molecule has 5 rings (SSSR count). The van der Waals surface area contributed by atoms with Crippen LogP contribution in [0.1, 0.15) is 33.1 Å². The Labute approximate surface area is 113 Å². The normalized spacial score (nSPS) is 46.0. The van der Waals surface area contributed by atoms with Crippen LogP contribution in [-0.2, 0) is 9.59 Å². The predicted molar refractivity (Wildman–Crippen MR) is 72.3 cm³/mol. The predicted octanol–water partition coefficient (Wildman–Crippen LogP) is 2.94. The van der Waals surface area contributed by atoms with Gasteiger partial charge in [0.05, 0.1) is 0 Å². The fourth-order valence-corrected chi connectivity index (χ4v) is 5.11. The van der Waals surface area contributed by atoms with Crippen molar-refractivity contribution >= 4 is 11.6 Å². The van der Waals surface area contributed by atoms with E-state index in [1.165, 1.54) is 24.1 Å². The lowest BCUT2D eigenvalue weighted by atomic mass is 9.42. The first-order valence-electron chi connectivity index (χ1n) is 7.46. The van der Waals surface area contributed by atoms with Crippen molar-refractivity contribution in [2.45, 2.75) is 33.1 Å². The molecule has 0 spiro atoms. The number of hydrogen-bond acceptors (Lipinski definition) is 2. The first kappa shape index (κ1) is 11.6. The Hall–Kier alpha value is -1.18. The van der Waals surface area contributed by atoms with Gasteiger partial charge >= 0.3 is 0 Å². The molecule has 0 N–H and O–H groups in total. The molecule has 100 valence electrons. The van der Waals surface area contributed by atoms with Gasteiger partial charge in [-0.25, -0.2) is 0 Å². The zero-order valence-electron chi connectivity index (χ0n) is 11.6. The van der Waals surface area contributed by atoms with Crippen LogP contribution in [0, 0.1) is 35.0 Å². The van der Waals surface area contributed by atoms with E-state index in [9.17, 15) is 9.59 Å². The molecule has 2 heteroatoms. The lowest BCUT2D eigenvalue weighted by Gasteiger charge is -2.62. The van der Waals surface area contributed by atoms with E-state index in [-0.39, 0.29) is 23.4 Å². The second kappa shape index (κ2) is 3.47. The molecular formula is C17H20O2. The van der Waals surface area contributed by atoms with Gasteiger partial charge in [0.15, 0.2) is 11.6 Å². The molecule has 0 aromatic rings. The van der Waals surface area contributed by atoms with Crippen LogP contribution in [0.3, 0.4) is 0 Å². The molecule has 0 aliphatic heterocycles. The summed E-state index contributed by atoms with van der Waals surface area (Å²) < 4.78 is 0. The third kappa shape index (κ3) is 1.32. The van der Waals surface area contributed by atoms with Crippen LogP contribution in [0.5, 0.6) is 0 Å². The van der Waals surface area contributed by atoms with Crippen LogP contribution in [0.25, 0.3) is 0 Å². The van der Waals surface area contributed by atoms with Crippen LogP contribution >= 0.6 is 0 Å². The number of carbonyl (C=O) groups excluding carboxylic acids is 2. The minimum Gasteiger partial charge on any atom is -0.295 e. The molecule has 0 unspecified atom stereocenters. The van der Waals surface area contributed by atoms with E-state index in [1.54, 1.807) is 0 Å². The quantitative estimate of drug-likeness (QED) is 0.624. The maximum absolute atomic E-state index is 12.2. The number of fused-ring (bicyclic) bond motifs is 1. The average molecular weight is 256 g/mol. The summed E-state index contributed by atoms with van der Waals surface area (Å²) in [4.78, 5) is 24.2. The molecule has 5 atom stereocenters. The van der Waals surface area contributed by atoms with E-state index >= 15 is 0 Å². The second-order valence-electron chi connectivity index (χ2n) is 7.36. The van der Waals surface area contributed by atoms with Crippen molar-refractivity contribution in [2.24, 2.45) is 35.0 Å². The Morgan fingerprint density at radius 2 is 1.79 bits per heavy atom. The van der Waals surface area contributed by atoms with E-state index in [0.29, 0.717) is 17.3 Å². The summed E-state index contributed by atoms with van der Waals surface area (Å²) in [5, 5.41) is 0. The SMILES string of the molecule is CC1(C)[C@@H]2C[C@@H]3C(=CC[C@@H]4C(=O)C=CC(=O)[C@@H]43)[C@H]1C2. The van der Waals surface area contributed by atoms with Gasteiger partial charge in [0.1, 0.15) is 0 Å². The van der Waals surface area contributed by atoms with Gasteiger partial charge in [-0.05, 0) is 54.6 Å². The fourth-order valence-electron chi connectivity index (χ4n) is 5.11. The minimum absolute atomic E-state index is 0.0427. The third-order valence-electron chi connectivity index (χ3n) is 6.42. The molecule has 19 heavy (non-hydrogen) atoms. The van der Waals surface area contributed by atoms with E-state index in [2.05, 4.69) is 19.9 Å². The number of hydrogen-bond donors (Lipinski definition) is 0. The number of ketones is 2. The van der Waals surface area contributed by atoms with Gasteiger partial charge < -0.3 is 0 Å². The lowest BCUT2D eigenvalue weighted by molar-refractivity contribution is -0.135. The topological polar surface area (TPSA) is 34.1 Å². The molecule has 3 fully saturated rings. The zero-order valence-corrected chi connectivity index (χ0v) is 11.6. The van der Waals surface area contributed by atoms with Crippen LogP contribution in [-0.4, -0.2) is 11.6 Å². The van der Waals surface area contributed by atoms with E-state index in [1.807, 2.05) is 0 Å². The summed E-state index contributed by atoms with van der Waals surface area (Å²) in [6.07, 6.45) is 8.52. The van der Waals surface area contributed by atoms with E-state index in [0.717, 1.165) is 18.8 Å². The first-order chi connectivity index (χ1) is 9.00. The fraction of sp³-hybridized carbons (Fsp3) is 0.647. The number of rotatable bonds is 0. The van der Waals surface area contributed by atoms with Crippen molar-refractivity contribution in [2.75, 3.05) is 0 Å². The van der Waals surface area contributed by atoms with Crippen molar-refractivity contribution in [1.29, 1.82) is 0 Å². The Kier molecular flexibility index (Phi) is 2.13. The average Bonchev–Trinajstić information content (AvgIpc) is 2.41. The highest BCUT2D eigenvalue weighted by molar-refractivity contribution is 6.07. The Morgan fingerprint density at radius 3 is 2.53 bits per heavy atom. The highest BCUT2D eigenvalue weighted by Crippen LogP contribution is 2.65. The standard InChI is InChI=1S/C17H20O2/c1-17(2)9-7-12-10(13(17)8-9)3-4-11-14(18)5-6-15(19)16(11)12/h3,5-6,9,11-13,16H,4,7-8H2,1-2H3/t9-,11-,12-,13-,16+/m1/s1. The lowest BCUT2D eigenvalue weighted by Crippen LogP contribution is -2.56. The van der Waals surface area contributed by atoms with Crippen LogP contribution < -0.4 is 0 Å². The van der Waals surface area contributed by atoms with Gasteiger partial charge in [0.2, 0.25) is 0 Å². The van der Waals surface area contributed by atoms with Gasteiger partial charge in [-0.3, -0.25) is 9.59 Å². The van der Waals surface area contributed by atoms with Gasteiger partial charge in [-0.2, -0.15) is 0 Å².